The minimum Gasteiger partial charge on any atom is -0.429 e. The zero-order valence-corrected chi connectivity index (χ0v) is 25.0. The number of fused-ring (bicyclic) bond motifs is 2. The lowest BCUT2D eigenvalue weighted by Gasteiger charge is -2.22. The SMILES string of the molecule is CC(=O)Nc1cc(COC(=O)Oc2ccc(N(CCCl)CCCl)cc2)cc(Nc2c3ccccc3nc3ccccc23)c1. The predicted molar refractivity (Wildman–Crippen MR) is 174 cm³/mol. The Labute approximate surface area is 259 Å². The zero-order valence-electron chi connectivity index (χ0n) is 23.5. The molecule has 5 rings (SSSR count). The maximum Gasteiger partial charge on any atom is 0.514 e. The second-order valence-corrected chi connectivity index (χ2v) is 10.5. The highest BCUT2D eigenvalue weighted by atomic mass is 35.5. The highest BCUT2D eigenvalue weighted by Crippen LogP contribution is 2.34. The minimum absolute atomic E-state index is 0.0733. The van der Waals surface area contributed by atoms with Crippen LogP contribution >= 0.6 is 23.2 Å². The Bertz CT molecular complexity index is 1690. The average molecular weight is 618 g/mol. The standard InChI is InChI=1S/C33H30Cl2N4O4/c1-22(40)36-24-18-23(21-42-33(41)43-27-12-10-26(11-13-27)39(16-14-34)17-15-35)19-25(20-24)37-32-28-6-2-4-8-30(28)38-31-9-5-3-7-29(31)32/h2-13,18-20H,14-17,21H2,1H3,(H,36,40)(H,37,38). The molecule has 0 spiro atoms. The molecule has 0 aliphatic heterocycles. The number of amides is 1. The van der Waals surface area contributed by atoms with Crippen LogP contribution < -0.4 is 20.3 Å². The van der Waals surface area contributed by atoms with Gasteiger partial charge in [0.2, 0.25) is 5.91 Å². The maximum absolute atomic E-state index is 12.6. The summed E-state index contributed by atoms with van der Waals surface area (Å²) < 4.78 is 10.8. The predicted octanol–water partition coefficient (Wildman–Crippen LogP) is 8.09. The Morgan fingerprint density at radius 2 is 1.42 bits per heavy atom. The molecule has 2 N–H and O–H groups in total. The van der Waals surface area contributed by atoms with Gasteiger partial charge in [-0.15, -0.1) is 23.2 Å². The Morgan fingerprint density at radius 1 is 0.814 bits per heavy atom. The van der Waals surface area contributed by atoms with Gasteiger partial charge in [-0.05, 0) is 60.2 Å². The lowest BCUT2D eigenvalue weighted by molar-refractivity contribution is -0.114. The van der Waals surface area contributed by atoms with Crippen LogP contribution in [0, 0.1) is 0 Å². The van der Waals surface area contributed by atoms with Gasteiger partial charge in [-0.3, -0.25) is 4.79 Å². The van der Waals surface area contributed by atoms with E-state index in [0.29, 0.717) is 47.5 Å². The van der Waals surface area contributed by atoms with E-state index in [-0.39, 0.29) is 12.5 Å². The van der Waals surface area contributed by atoms with Crippen molar-refractivity contribution < 1.29 is 19.1 Å². The van der Waals surface area contributed by atoms with Crippen LogP contribution in [0.3, 0.4) is 0 Å². The summed E-state index contributed by atoms with van der Waals surface area (Å²) >= 11 is 11.8. The number of para-hydroxylation sites is 2. The van der Waals surface area contributed by atoms with Crippen molar-refractivity contribution in [1.29, 1.82) is 0 Å². The molecule has 0 unspecified atom stereocenters. The summed E-state index contributed by atoms with van der Waals surface area (Å²) in [5.74, 6) is 1.06. The van der Waals surface area contributed by atoms with Gasteiger partial charge < -0.3 is 25.0 Å². The molecule has 5 aromatic rings. The number of anilines is 4. The number of hydrogen-bond donors (Lipinski definition) is 2. The van der Waals surface area contributed by atoms with Gasteiger partial charge in [0.25, 0.3) is 0 Å². The smallest absolute Gasteiger partial charge is 0.429 e. The molecular weight excluding hydrogens is 587 g/mol. The molecule has 8 nitrogen and oxygen atoms in total. The van der Waals surface area contributed by atoms with Crippen LogP contribution in [-0.2, 0) is 16.1 Å². The summed E-state index contributed by atoms with van der Waals surface area (Å²) in [6, 6.07) is 28.3. The van der Waals surface area contributed by atoms with Gasteiger partial charge in [-0.2, -0.15) is 0 Å². The third-order valence-corrected chi connectivity index (χ3v) is 6.98. The van der Waals surface area contributed by atoms with Crippen LogP contribution in [0.1, 0.15) is 12.5 Å². The quantitative estimate of drug-likeness (QED) is 0.0670. The molecule has 0 radical (unpaired) electrons. The van der Waals surface area contributed by atoms with Crippen molar-refractivity contribution in [3.05, 3.63) is 96.6 Å². The van der Waals surface area contributed by atoms with Crippen LogP contribution in [0.15, 0.2) is 91.0 Å². The van der Waals surface area contributed by atoms with E-state index >= 15 is 0 Å². The molecule has 0 atom stereocenters. The molecule has 0 bridgehead atoms. The van der Waals surface area contributed by atoms with Gasteiger partial charge in [0, 0.05) is 59.6 Å². The number of carbonyl (C=O) groups is 2. The average Bonchev–Trinajstić information content (AvgIpc) is 3.00. The fourth-order valence-electron chi connectivity index (χ4n) is 4.81. The molecule has 1 amide bonds. The van der Waals surface area contributed by atoms with Crippen molar-refractivity contribution in [3.63, 3.8) is 0 Å². The second kappa shape index (κ2) is 14.1. The number of nitrogens with zero attached hydrogens (tertiary/aromatic N) is 2. The number of alkyl halides is 2. The number of ether oxygens (including phenoxy) is 2. The molecule has 43 heavy (non-hydrogen) atoms. The third kappa shape index (κ3) is 7.66. The molecule has 0 saturated carbocycles. The number of benzene rings is 4. The molecule has 1 heterocycles. The minimum atomic E-state index is -0.850. The summed E-state index contributed by atoms with van der Waals surface area (Å²) in [6.45, 7) is 2.67. The Balaban J connectivity index is 1.34. The molecule has 0 aliphatic rings. The maximum atomic E-state index is 12.6. The topological polar surface area (TPSA) is 92.8 Å². The van der Waals surface area contributed by atoms with E-state index in [4.69, 9.17) is 37.7 Å². The van der Waals surface area contributed by atoms with E-state index in [2.05, 4.69) is 10.6 Å². The molecule has 0 saturated heterocycles. The lowest BCUT2D eigenvalue weighted by atomic mass is 10.1. The fraction of sp³-hybridized carbons (Fsp3) is 0.182. The lowest BCUT2D eigenvalue weighted by Crippen LogP contribution is -2.27. The number of hydrogen-bond acceptors (Lipinski definition) is 7. The van der Waals surface area contributed by atoms with E-state index in [1.54, 1.807) is 18.2 Å². The molecule has 0 fully saturated rings. The molecule has 4 aromatic carbocycles. The van der Waals surface area contributed by atoms with Crippen molar-refractivity contribution in [2.45, 2.75) is 13.5 Å². The number of pyridine rings is 1. The van der Waals surface area contributed by atoms with E-state index in [9.17, 15) is 9.59 Å². The largest absolute Gasteiger partial charge is 0.514 e. The first-order valence-electron chi connectivity index (χ1n) is 13.7. The molecule has 220 valence electrons. The van der Waals surface area contributed by atoms with Crippen molar-refractivity contribution in [2.75, 3.05) is 40.4 Å². The monoisotopic (exact) mass is 616 g/mol. The van der Waals surface area contributed by atoms with E-state index < -0.39 is 6.16 Å². The van der Waals surface area contributed by atoms with E-state index in [0.717, 1.165) is 33.2 Å². The molecule has 1 aromatic heterocycles. The van der Waals surface area contributed by atoms with Crippen molar-refractivity contribution in [2.24, 2.45) is 0 Å². The number of carbonyl (C=O) groups excluding carboxylic acids is 2. The Kier molecular flexibility index (Phi) is 9.81. The van der Waals surface area contributed by atoms with Crippen LogP contribution in [0.5, 0.6) is 5.75 Å². The van der Waals surface area contributed by atoms with Gasteiger partial charge in [0.15, 0.2) is 0 Å². The van der Waals surface area contributed by atoms with Gasteiger partial charge in [0.1, 0.15) is 12.4 Å². The Morgan fingerprint density at radius 3 is 2.02 bits per heavy atom. The Hall–Kier alpha value is -4.53. The van der Waals surface area contributed by atoms with Crippen LogP contribution in [0.4, 0.5) is 27.5 Å². The van der Waals surface area contributed by atoms with Crippen LogP contribution in [0.2, 0.25) is 0 Å². The zero-order chi connectivity index (χ0) is 30.2. The summed E-state index contributed by atoms with van der Waals surface area (Å²) in [5, 5.41) is 8.24. The van der Waals surface area contributed by atoms with Gasteiger partial charge >= 0.3 is 6.16 Å². The highest BCUT2D eigenvalue weighted by molar-refractivity contribution is 6.18. The van der Waals surface area contributed by atoms with Crippen molar-refractivity contribution in [1.82, 2.24) is 4.98 Å². The normalized spacial score (nSPS) is 10.9. The van der Waals surface area contributed by atoms with Gasteiger partial charge in [-0.1, -0.05) is 36.4 Å². The van der Waals surface area contributed by atoms with Crippen molar-refractivity contribution in [3.8, 4) is 5.75 Å². The van der Waals surface area contributed by atoms with E-state index in [1.807, 2.05) is 77.7 Å². The molecule has 0 aliphatic carbocycles. The highest BCUT2D eigenvalue weighted by Gasteiger charge is 2.13. The van der Waals surface area contributed by atoms with Crippen LogP contribution in [-0.4, -0.2) is 41.9 Å². The number of nitrogens with one attached hydrogen (secondary N) is 2. The summed E-state index contributed by atoms with van der Waals surface area (Å²) in [7, 11) is 0. The molecular formula is C33H30Cl2N4O4. The van der Waals surface area contributed by atoms with Crippen LogP contribution in [0.25, 0.3) is 21.8 Å². The summed E-state index contributed by atoms with van der Waals surface area (Å²) in [6.07, 6.45) is -0.850. The number of halogens is 2. The van der Waals surface area contributed by atoms with Crippen molar-refractivity contribution >= 4 is 79.8 Å². The van der Waals surface area contributed by atoms with E-state index in [1.165, 1.54) is 6.92 Å². The fourth-order valence-corrected chi connectivity index (χ4v) is 5.22. The first-order valence-corrected chi connectivity index (χ1v) is 14.8. The second-order valence-electron chi connectivity index (χ2n) is 9.75. The van der Waals surface area contributed by atoms with Gasteiger partial charge in [-0.25, -0.2) is 9.78 Å². The first-order chi connectivity index (χ1) is 20.9. The summed E-state index contributed by atoms with van der Waals surface area (Å²) in [5.41, 5.74) is 5.42. The number of rotatable bonds is 11. The first kappa shape index (κ1) is 29.9. The number of aromatic nitrogens is 1. The molecule has 10 heteroatoms. The van der Waals surface area contributed by atoms with Gasteiger partial charge in [0.05, 0.1) is 16.7 Å². The third-order valence-electron chi connectivity index (χ3n) is 6.64. The summed E-state index contributed by atoms with van der Waals surface area (Å²) in [4.78, 5) is 31.3.